The molecule has 0 saturated carbocycles. The van der Waals surface area contributed by atoms with Crippen molar-refractivity contribution in [3.05, 3.63) is 45.4 Å². The van der Waals surface area contributed by atoms with E-state index >= 15 is 0 Å². The number of hydrogen-bond donors (Lipinski definition) is 1. The molecule has 2 nitrogen and oxygen atoms in total. The van der Waals surface area contributed by atoms with Crippen LogP contribution < -0.4 is 5.73 Å². The van der Waals surface area contributed by atoms with Gasteiger partial charge in [-0.2, -0.15) is 0 Å². The van der Waals surface area contributed by atoms with E-state index in [1.54, 1.807) is 11.3 Å². The molecule has 2 aromatic rings. The monoisotopic (exact) mass is 306 g/mol. The number of benzene rings is 1. The van der Waals surface area contributed by atoms with Crippen LogP contribution in [0.4, 0.5) is 0 Å². The number of nitrogens with zero attached hydrogens (tertiary/aromatic N) is 1. The largest absolute Gasteiger partial charge is 0.326 e. The molecule has 1 aromatic carbocycles. The van der Waals surface area contributed by atoms with Crippen molar-refractivity contribution in [1.29, 1.82) is 0 Å². The van der Waals surface area contributed by atoms with Crippen LogP contribution in [-0.2, 0) is 17.7 Å². The van der Waals surface area contributed by atoms with Gasteiger partial charge >= 0.3 is 0 Å². The van der Waals surface area contributed by atoms with Crippen LogP contribution in [0, 0.1) is 6.92 Å². The molecule has 0 fully saturated rings. The topological polar surface area (TPSA) is 38.9 Å². The first-order valence-corrected chi connectivity index (χ1v) is 8.59. The Labute approximate surface area is 129 Å². The van der Waals surface area contributed by atoms with Gasteiger partial charge in [-0.3, -0.25) is 0 Å². The van der Waals surface area contributed by atoms with E-state index in [4.69, 9.17) is 10.7 Å². The van der Waals surface area contributed by atoms with E-state index in [-0.39, 0.29) is 5.41 Å². The lowest BCUT2D eigenvalue weighted by Gasteiger charge is -2.16. The average molecular weight is 306 g/mol. The lowest BCUT2D eigenvalue weighted by molar-refractivity contribution is 0.565. The van der Waals surface area contributed by atoms with Gasteiger partial charge in [0.25, 0.3) is 0 Å². The summed E-state index contributed by atoms with van der Waals surface area (Å²) in [6.45, 7) is 9.31. The molecule has 4 heteroatoms. The highest BCUT2D eigenvalue weighted by molar-refractivity contribution is 7.98. The highest BCUT2D eigenvalue weighted by Gasteiger charge is 2.22. The molecule has 1 aromatic heterocycles. The predicted octanol–water partition coefficient (Wildman–Crippen LogP) is 4.50. The molecule has 0 aliphatic rings. The normalized spacial score (nSPS) is 11.8. The van der Waals surface area contributed by atoms with E-state index in [1.807, 2.05) is 11.8 Å². The van der Waals surface area contributed by atoms with Crippen molar-refractivity contribution in [3.63, 3.8) is 0 Å². The van der Waals surface area contributed by atoms with Crippen LogP contribution in [0.25, 0.3) is 0 Å². The quantitative estimate of drug-likeness (QED) is 0.845. The first-order chi connectivity index (χ1) is 9.41. The number of aromatic nitrogens is 1. The van der Waals surface area contributed by atoms with Crippen LogP contribution in [-0.4, -0.2) is 4.98 Å². The van der Waals surface area contributed by atoms with Gasteiger partial charge in [0.15, 0.2) is 0 Å². The lowest BCUT2D eigenvalue weighted by Crippen LogP contribution is -2.15. The molecule has 2 N–H and O–H groups in total. The average Bonchev–Trinajstić information content (AvgIpc) is 2.81. The van der Waals surface area contributed by atoms with Gasteiger partial charge in [0.2, 0.25) is 0 Å². The van der Waals surface area contributed by atoms with Gasteiger partial charge in [0.05, 0.1) is 11.4 Å². The zero-order chi connectivity index (χ0) is 14.8. The predicted molar refractivity (Wildman–Crippen MR) is 89.4 cm³/mol. The highest BCUT2D eigenvalue weighted by Crippen LogP contribution is 2.33. The first-order valence-electron chi connectivity index (χ1n) is 6.79. The molecule has 0 radical (unpaired) electrons. The Hall–Kier alpha value is -0.840. The minimum Gasteiger partial charge on any atom is -0.326 e. The second-order valence-electron chi connectivity index (χ2n) is 5.89. The van der Waals surface area contributed by atoms with Crippen LogP contribution in [0.1, 0.15) is 41.9 Å². The second-order valence-corrected chi connectivity index (χ2v) is 8.07. The van der Waals surface area contributed by atoms with Crippen LogP contribution in [0.15, 0.2) is 29.2 Å². The molecular formula is C16H22N2S2. The Bertz CT molecular complexity index is 582. The summed E-state index contributed by atoms with van der Waals surface area (Å²) in [4.78, 5) is 7.36. The van der Waals surface area contributed by atoms with Crippen molar-refractivity contribution in [3.8, 4) is 0 Å². The maximum absolute atomic E-state index is 5.86. The van der Waals surface area contributed by atoms with Crippen LogP contribution in [0.2, 0.25) is 0 Å². The zero-order valence-corrected chi connectivity index (χ0v) is 14.2. The van der Waals surface area contributed by atoms with E-state index in [9.17, 15) is 0 Å². The van der Waals surface area contributed by atoms with E-state index in [0.717, 1.165) is 11.4 Å². The van der Waals surface area contributed by atoms with E-state index in [0.29, 0.717) is 6.54 Å². The second kappa shape index (κ2) is 6.29. The smallest absolute Gasteiger partial charge is 0.103 e. The summed E-state index contributed by atoms with van der Waals surface area (Å²) < 4.78 is 0. The molecule has 20 heavy (non-hydrogen) atoms. The fraction of sp³-hybridized carbons (Fsp3) is 0.438. The summed E-state index contributed by atoms with van der Waals surface area (Å²) in [6, 6.07) is 8.48. The van der Waals surface area contributed by atoms with Crippen molar-refractivity contribution in [2.75, 3.05) is 0 Å². The summed E-state index contributed by atoms with van der Waals surface area (Å²) >= 11 is 3.60. The number of hydrogen-bond acceptors (Lipinski definition) is 4. The summed E-state index contributed by atoms with van der Waals surface area (Å²) in [7, 11) is 0. The lowest BCUT2D eigenvalue weighted by atomic mass is 9.91. The van der Waals surface area contributed by atoms with E-state index in [2.05, 4.69) is 52.0 Å². The van der Waals surface area contributed by atoms with E-state index in [1.165, 1.54) is 20.3 Å². The van der Waals surface area contributed by atoms with Crippen molar-refractivity contribution < 1.29 is 0 Å². The minimum atomic E-state index is 0.0663. The number of aryl methyl sites for hydroxylation is 1. The molecule has 0 atom stereocenters. The molecule has 0 amide bonds. The van der Waals surface area contributed by atoms with Crippen molar-refractivity contribution in [2.24, 2.45) is 5.73 Å². The summed E-state index contributed by atoms with van der Waals surface area (Å²) in [6.07, 6.45) is 0. The molecule has 2 rings (SSSR count). The molecule has 108 valence electrons. The molecule has 0 aliphatic heterocycles. The number of thioether (sulfide) groups is 1. The molecule has 0 spiro atoms. The standard InChI is InChI=1S/C16H22N2S2/c1-11-7-5-6-8-12(11)19-10-14-18-15(16(2,3)4)13(9-17)20-14/h5-8H,9-10,17H2,1-4H3. The third kappa shape index (κ3) is 3.62. The molecule has 0 unspecified atom stereocenters. The number of nitrogens with two attached hydrogens (primary N) is 1. The van der Waals surface area contributed by atoms with Crippen LogP contribution in [0.5, 0.6) is 0 Å². The van der Waals surface area contributed by atoms with Gasteiger partial charge in [-0.05, 0) is 18.6 Å². The third-order valence-electron chi connectivity index (χ3n) is 3.08. The van der Waals surface area contributed by atoms with Gasteiger partial charge in [-0.15, -0.1) is 23.1 Å². The van der Waals surface area contributed by atoms with E-state index < -0.39 is 0 Å². The fourth-order valence-electron chi connectivity index (χ4n) is 2.04. The van der Waals surface area contributed by atoms with Gasteiger partial charge in [0.1, 0.15) is 5.01 Å². The number of thiazole rings is 1. The van der Waals surface area contributed by atoms with Crippen LogP contribution in [0.3, 0.4) is 0 Å². The maximum Gasteiger partial charge on any atom is 0.103 e. The van der Waals surface area contributed by atoms with Crippen LogP contribution >= 0.6 is 23.1 Å². The Balaban J connectivity index is 2.15. The first kappa shape index (κ1) is 15.5. The summed E-state index contributed by atoms with van der Waals surface area (Å²) in [5.74, 6) is 0.915. The van der Waals surface area contributed by atoms with Gasteiger partial charge in [-0.25, -0.2) is 4.98 Å². The van der Waals surface area contributed by atoms with Crippen molar-refractivity contribution in [1.82, 2.24) is 4.98 Å². The maximum atomic E-state index is 5.86. The van der Waals surface area contributed by atoms with Gasteiger partial charge in [-0.1, -0.05) is 39.0 Å². The summed E-state index contributed by atoms with van der Waals surface area (Å²) in [5, 5.41) is 1.17. The fourth-order valence-corrected chi connectivity index (χ4v) is 4.22. The highest BCUT2D eigenvalue weighted by atomic mass is 32.2. The minimum absolute atomic E-state index is 0.0663. The third-order valence-corrected chi connectivity index (χ3v) is 5.53. The Morgan fingerprint density at radius 3 is 2.50 bits per heavy atom. The molecular weight excluding hydrogens is 284 g/mol. The zero-order valence-electron chi connectivity index (χ0n) is 12.6. The Kier molecular flexibility index (Phi) is 4.89. The SMILES string of the molecule is Cc1ccccc1SCc1nc(C(C)(C)C)c(CN)s1. The summed E-state index contributed by atoms with van der Waals surface area (Å²) in [5.41, 5.74) is 8.40. The number of rotatable bonds is 4. The van der Waals surface area contributed by atoms with Crippen molar-refractivity contribution in [2.45, 2.75) is 50.3 Å². The Morgan fingerprint density at radius 1 is 1.25 bits per heavy atom. The molecule has 0 aliphatic carbocycles. The molecule has 0 bridgehead atoms. The Morgan fingerprint density at radius 2 is 1.95 bits per heavy atom. The van der Waals surface area contributed by atoms with Gasteiger partial charge < -0.3 is 5.73 Å². The van der Waals surface area contributed by atoms with Gasteiger partial charge in [0, 0.05) is 21.7 Å². The molecule has 1 heterocycles. The molecule has 0 saturated heterocycles. The van der Waals surface area contributed by atoms with Crippen molar-refractivity contribution >= 4 is 23.1 Å².